The number of rotatable bonds is 20. The Bertz CT molecular complexity index is 633. The molecule has 0 aliphatic heterocycles. The second-order valence-electron chi connectivity index (χ2n) is 8.42. The number of aliphatic carboxylic acids is 5. The molecule has 40 heavy (non-hydrogen) atoms. The molecule has 0 heterocycles. The lowest BCUT2D eigenvalue weighted by Crippen LogP contribution is -2.15. The van der Waals surface area contributed by atoms with Gasteiger partial charge in [-0.3, -0.25) is 4.79 Å². The Kier molecular flexibility index (Phi) is 39.1. The van der Waals surface area contributed by atoms with Gasteiger partial charge < -0.3 is 40.9 Å². The van der Waals surface area contributed by atoms with Crippen LogP contribution in [0.15, 0.2) is 24.3 Å². The Morgan fingerprint density at radius 3 is 0.925 bits per heavy atom. The second-order valence-corrected chi connectivity index (χ2v) is 8.42. The van der Waals surface area contributed by atoms with Crippen molar-refractivity contribution in [2.45, 2.75) is 103 Å². The summed E-state index contributed by atoms with van der Waals surface area (Å²) in [6.07, 6.45) is 18.5. The first-order valence-corrected chi connectivity index (χ1v) is 13.2. The molecule has 0 atom stereocenters. The van der Waals surface area contributed by atoms with Gasteiger partial charge in [0.15, 0.2) is 0 Å². The number of aliphatic hydroxyl groups excluding tert-OH is 3. The Balaban J connectivity index is -0.000000244. The Labute approximate surface area is 235 Å². The van der Waals surface area contributed by atoms with Crippen molar-refractivity contribution in [3.8, 4) is 0 Å². The predicted octanol–water partition coefficient (Wildman–Crippen LogP) is 3.31. The van der Waals surface area contributed by atoms with Crippen LogP contribution in [0.2, 0.25) is 0 Å². The van der Waals surface area contributed by atoms with Gasteiger partial charge in [-0.25, -0.2) is 19.2 Å². The molecule has 0 radical (unpaired) electrons. The molecule has 13 nitrogen and oxygen atoms in total. The van der Waals surface area contributed by atoms with E-state index in [1.165, 1.54) is 70.6 Å². The van der Waals surface area contributed by atoms with E-state index in [1.807, 2.05) is 0 Å². The molecule has 0 spiro atoms. The van der Waals surface area contributed by atoms with Crippen LogP contribution in [0.25, 0.3) is 0 Å². The number of carboxylic acid groups (broad SMARTS) is 5. The van der Waals surface area contributed by atoms with E-state index in [1.54, 1.807) is 0 Å². The third-order valence-corrected chi connectivity index (χ3v) is 4.65. The molecule has 0 aliphatic carbocycles. The van der Waals surface area contributed by atoms with E-state index in [4.69, 9.17) is 40.9 Å². The number of aliphatic hydroxyl groups is 3. The fraction of sp³-hybridized carbons (Fsp3) is 0.667. The molecule has 0 aromatic heterocycles. The van der Waals surface area contributed by atoms with Crippen LogP contribution in [0, 0.1) is 0 Å². The van der Waals surface area contributed by atoms with Crippen LogP contribution in [-0.2, 0) is 24.0 Å². The number of carbonyl (C=O) groups is 5. The van der Waals surface area contributed by atoms with E-state index >= 15 is 0 Å². The summed E-state index contributed by atoms with van der Waals surface area (Å²) >= 11 is 0. The molecule has 234 valence electrons. The lowest BCUT2D eigenvalue weighted by atomic mass is 10.0. The number of hydrogen-bond acceptors (Lipinski definition) is 8. The van der Waals surface area contributed by atoms with Crippen LogP contribution in [0.5, 0.6) is 0 Å². The van der Waals surface area contributed by atoms with Crippen LogP contribution in [0.3, 0.4) is 0 Å². The van der Waals surface area contributed by atoms with E-state index in [0.717, 1.165) is 12.8 Å². The van der Waals surface area contributed by atoms with Crippen LogP contribution < -0.4 is 0 Å². The van der Waals surface area contributed by atoms with Gasteiger partial charge in [0.05, 0.1) is 13.2 Å². The first kappa shape index (κ1) is 43.8. The zero-order valence-corrected chi connectivity index (χ0v) is 23.3. The van der Waals surface area contributed by atoms with Crippen molar-refractivity contribution in [3.05, 3.63) is 24.3 Å². The molecule has 0 aromatic rings. The van der Waals surface area contributed by atoms with Gasteiger partial charge in [-0.2, -0.15) is 0 Å². The number of hydrogen-bond donors (Lipinski definition) is 8. The zero-order chi connectivity index (χ0) is 31.6. The topological polar surface area (TPSA) is 247 Å². The average molecular weight is 581 g/mol. The van der Waals surface area contributed by atoms with Gasteiger partial charge >= 0.3 is 29.8 Å². The monoisotopic (exact) mass is 580 g/mol. The Hall–Kier alpha value is -3.29. The molecule has 0 unspecified atom stereocenters. The maximum absolute atomic E-state index is 10.3. The summed E-state index contributed by atoms with van der Waals surface area (Å²) in [6, 6.07) is 0. The van der Waals surface area contributed by atoms with Gasteiger partial charge in [-0.1, -0.05) is 84.0 Å². The Morgan fingerprint density at radius 1 is 0.500 bits per heavy atom. The number of carboxylic acids is 5. The molecule has 0 saturated heterocycles. The van der Waals surface area contributed by atoms with E-state index in [9.17, 15) is 24.0 Å². The molecule has 0 saturated carbocycles. The third-order valence-electron chi connectivity index (χ3n) is 4.65. The largest absolute Gasteiger partial charge is 0.481 e. The van der Waals surface area contributed by atoms with Crippen LogP contribution in [0.1, 0.15) is 96.8 Å². The molecule has 0 rings (SSSR count). The first-order valence-electron chi connectivity index (χ1n) is 13.2. The lowest BCUT2D eigenvalue weighted by molar-refractivity contribution is -0.137. The highest BCUT2D eigenvalue weighted by atomic mass is 16.4. The Morgan fingerprint density at radius 2 is 0.750 bits per heavy atom. The average Bonchev–Trinajstić information content (AvgIpc) is 2.89. The summed E-state index contributed by atoms with van der Waals surface area (Å²) in [5, 5.41) is 63.8. The normalized spacial score (nSPS) is 10.1. The van der Waals surface area contributed by atoms with E-state index in [2.05, 4.69) is 6.92 Å². The summed E-state index contributed by atoms with van der Waals surface area (Å²) in [4.78, 5) is 48.5. The minimum absolute atomic E-state index is 0.345. The van der Waals surface area contributed by atoms with Gasteiger partial charge in [-0.05, 0) is 6.42 Å². The van der Waals surface area contributed by atoms with E-state index < -0.39 is 36.0 Å². The summed E-state index contributed by atoms with van der Waals surface area (Å²) in [7, 11) is 0. The quantitative estimate of drug-likeness (QED) is 0.0761. The van der Waals surface area contributed by atoms with Gasteiger partial charge in [0.1, 0.15) is 6.10 Å². The predicted molar refractivity (Wildman–Crippen MR) is 147 cm³/mol. The standard InChI is InChI=1S/C16H32O2.2C4H4O4.C3H8O3/c1-2-3-4-5-6-7-8-9-10-11-12-13-14-15-16(17)18;2*5-3(6)1-2-4(7)8;4-1-3(6)2-5/h2-15H2,1H3,(H,17,18);2*1-2H,(H,5,6)(H,7,8);3-6H,1-2H2/b;2*2-1-;. The minimum atomic E-state index is -1.26. The van der Waals surface area contributed by atoms with Crippen molar-refractivity contribution in [3.63, 3.8) is 0 Å². The molecule has 0 aromatic carbocycles. The molecule has 8 N–H and O–H groups in total. The maximum Gasteiger partial charge on any atom is 0.328 e. The van der Waals surface area contributed by atoms with Crippen molar-refractivity contribution in [1.29, 1.82) is 0 Å². The van der Waals surface area contributed by atoms with Gasteiger partial charge in [0.2, 0.25) is 0 Å². The fourth-order valence-corrected chi connectivity index (χ4v) is 2.64. The smallest absolute Gasteiger partial charge is 0.328 e. The highest BCUT2D eigenvalue weighted by molar-refractivity contribution is 5.90. The van der Waals surface area contributed by atoms with E-state index in [-0.39, 0.29) is 13.2 Å². The molecular formula is C27H48O13. The molecular weight excluding hydrogens is 532 g/mol. The van der Waals surface area contributed by atoms with Crippen molar-refractivity contribution >= 4 is 29.8 Å². The second kappa shape index (κ2) is 35.7. The third kappa shape index (κ3) is 59.7. The highest BCUT2D eigenvalue weighted by Gasteiger charge is 1.97. The molecule has 13 heteroatoms. The SMILES string of the molecule is CCCCCCCCCCCCCCCC(=O)O.O=C(O)/C=C\C(=O)O.O=C(O)/C=C\C(=O)O.OCC(O)CO. The van der Waals surface area contributed by atoms with Crippen LogP contribution in [0.4, 0.5) is 0 Å². The van der Waals surface area contributed by atoms with Gasteiger partial charge in [0.25, 0.3) is 0 Å². The summed E-state index contributed by atoms with van der Waals surface area (Å²) in [6.45, 7) is 1.53. The summed E-state index contributed by atoms with van der Waals surface area (Å²) in [5.74, 6) is -5.68. The zero-order valence-electron chi connectivity index (χ0n) is 23.3. The fourth-order valence-electron chi connectivity index (χ4n) is 2.64. The highest BCUT2D eigenvalue weighted by Crippen LogP contribution is 2.12. The lowest BCUT2D eigenvalue weighted by Gasteiger charge is -2.02. The molecule has 0 aliphatic rings. The molecule has 0 fully saturated rings. The van der Waals surface area contributed by atoms with Gasteiger partial charge in [0, 0.05) is 30.7 Å². The van der Waals surface area contributed by atoms with Crippen LogP contribution >= 0.6 is 0 Å². The van der Waals surface area contributed by atoms with Crippen molar-refractivity contribution in [2.75, 3.05) is 13.2 Å². The van der Waals surface area contributed by atoms with Crippen LogP contribution in [-0.4, -0.2) is 90.0 Å². The van der Waals surface area contributed by atoms with Crippen molar-refractivity contribution in [1.82, 2.24) is 0 Å². The number of unbranched alkanes of at least 4 members (excludes halogenated alkanes) is 12. The van der Waals surface area contributed by atoms with Gasteiger partial charge in [-0.15, -0.1) is 0 Å². The maximum atomic E-state index is 10.3. The minimum Gasteiger partial charge on any atom is -0.481 e. The van der Waals surface area contributed by atoms with Crippen molar-refractivity contribution < 1.29 is 64.8 Å². The summed E-state index contributed by atoms with van der Waals surface area (Å²) in [5.41, 5.74) is 0. The molecule has 0 amide bonds. The first-order chi connectivity index (χ1) is 18.8. The van der Waals surface area contributed by atoms with E-state index in [0.29, 0.717) is 30.7 Å². The van der Waals surface area contributed by atoms with Crippen molar-refractivity contribution in [2.24, 2.45) is 0 Å². The summed E-state index contributed by atoms with van der Waals surface area (Å²) < 4.78 is 0. The molecule has 0 bridgehead atoms.